The van der Waals surface area contributed by atoms with Crippen LogP contribution in [0.15, 0.2) is 6.07 Å². The van der Waals surface area contributed by atoms with Gasteiger partial charge in [0.15, 0.2) is 5.11 Å². The van der Waals surface area contributed by atoms with Gasteiger partial charge >= 0.3 is 0 Å². The number of aromatic nitrogens is 2. The maximum Gasteiger partial charge on any atom is 0.232 e. The maximum atomic E-state index is 5.50. The van der Waals surface area contributed by atoms with Gasteiger partial charge in [-0.2, -0.15) is 9.97 Å². The minimum atomic E-state index is -0.103. The van der Waals surface area contributed by atoms with Gasteiger partial charge in [-0.15, -0.1) is 0 Å². The number of piperidine rings is 2. The Morgan fingerprint density at radius 2 is 1.82 bits per heavy atom. The van der Waals surface area contributed by atoms with Crippen molar-refractivity contribution in [3.63, 3.8) is 0 Å². The van der Waals surface area contributed by atoms with Gasteiger partial charge in [0.2, 0.25) is 5.95 Å². The largest absolute Gasteiger partial charge is 0.358 e. The summed E-state index contributed by atoms with van der Waals surface area (Å²) in [4.78, 5) is 14.5. The maximum absolute atomic E-state index is 5.50. The summed E-state index contributed by atoms with van der Waals surface area (Å²) in [7, 11) is 0. The molecule has 0 spiro atoms. The van der Waals surface area contributed by atoms with Gasteiger partial charge in [-0.1, -0.05) is 6.92 Å². The SMILES string of the molecule is C[C@H]1CCCN(c2cc(N3CCCC[C@@H]3C)nc(NC(=S)NC(C)(C)C)n2)C1. The topological polar surface area (TPSA) is 56.3 Å². The van der Waals surface area contributed by atoms with Gasteiger partial charge in [-0.3, -0.25) is 0 Å². The van der Waals surface area contributed by atoms with Crippen LogP contribution >= 0.6 is 12.2 Å². The van der Waals surface area contributed by atoms with Gasteiger partial charge < -0.3 is 20.4 Å². The number of rotatable bonds is 3. The molecule has 0 aliphatic carbocycles. The van der Waals surface area contributed by atoms with E-state index in [2.05, 4.69) is 61.1 Å². The molecule has 2 fully saturated rings. The zero-order chi connectivity index (χ0) is 20.3. The zero-order valence-electron chi connectivity index (χ0n) is 18.1. The molecule has 1 aromatic rings. The van der Waals surface area contributed by atoms with Gasteiger partial charge in [-0.25, -0.2) is 0 Å². The molecule has 0 amide bonds. The molecular formula is C21H36N6S. The highest BCUT2D eigenvalue weighted by atomic mass is 32.1. The van der Waals surface area contributed by atoms with Crippen LogP contribution in [-0.2, 0) is 0 Å². The molecule has 0 unspecified atom stereocenters. The standard InChI is InChI=1S/C21H36N6S/c1-15-9-8-11-26(14-15)17-13-18(27-12-7-6-10-16(27)2)23-19(22-17)24-20(28)25-21(3,4)5/h13,15-16H,6-12,14H2,1-5H3,(H2,22,23,24,25,28)/t15-,16-/m0/s1. The molecule has 2 N–H and O–H groups in total. The minimum absolute atomic E-state index is 0.103. The third kappa shape index (κ3) is 5.69. The van der Waals surface area contributed by atoms with Crippen molar-refractivity contribution in [1.82, 2.24) is 15.3 Å². The summed E-state index contributed by atoms with van der Waals surface area (Å²) >= 11 is 5.50. The van der Waals surface area contributed by atoms with Crippen LogP contribution in [0.1, 0.15) is 66.7 Å². The van der Waals surface area contributed by atoms with Crippen molar-refractivity contribution >= 4 is 34.9 Å². The second kappa shape index (κ2) is 8.80. The molecule has 0 saturated carbocycles. The summed E-state index contributed by atoms with van der Waals surface area (Å²) in [6.07, 6.45) is 6.24. The number of nitrogens with one attached hydrogen (secondary N) is 2. The fourth-order valence-electron chi connectivity index (χ4n) is 4.10. The zero-order valence-corrected chi connectivity index (χ0v) is 18.9. The molecule has 2 atom stereocenters. The molecule has 7 heteroatoms. The van der Waals surface area contributed by atoms with Crippen LogP contribution in [0.2, 0.25) is 0 Å². The van der Waals surface area contributed by atoms with E-state index in [0.717, 1.165) is 31.3 Å². The molecule has 0 bridgehead atoms. The van der Waals surface area contributed by atoms with Crippen LogP contribution in [-0.4, -0.2) is 46.3 Å². The third-order valence-corrected chi connectivity index (χ3v) is 5.70. The van der Waals surface area contributed by atoms with E-state index in [9.17, 15) is 0 Å². The molecule has 2 aliphatic heterocycles. The van der Waals surface area contributed by atoms with Crippen molar-refractivity contribution in [3.05, 3.63) is 6.07 Å². The van der Waals surface area contributed by atoms with E-state index in [4.69, 9.17) is 22.2 Å². The number of hydrogen-bond acceptors (Lipinski definition) is 5. The molecule has 3 rings (SSSR count). The number of anilines is 3. The van der Waals surface area contributed by atoms with Crippen molar-refractivity contribution < 1.29 is 0 Å². The lowest BCUT2D eigenvalue weighted by Gasteiger charge is -2.36. The lowest BCUT2D eigenvalue weighted by atomic mass is 10.0. The Morgan fingerprint density at radius 3 is 2.50 bits per heavy atom. The normalized spacial score (nSPS) is 23.5. The monoisotopic (exact) mass is 404 g/mol. The molecule has 3 heterocycles. The molecule has 0 radical (unpaired) electrons. The lowest BCUT2D eigenvalue weighted by molar-refractivity contribution is 0.444. The fraction of sp³-hybridized carbons (Fsp3) is 0.762. The first-order valence-electron chi connectivity index (χ1n) is 10.7. The fourth-order valence-corrected chi connectivity index (χ4v) is 4.49. The smallest absolute Gasteiger partial charge is 0.232 e. The van der Waals surface area contributed by atoms with Crippen molar-refractivity contribution in [2.45, 2.75) is 78.3 Å². The van der Waals surface area contributed by atoms with Crippen LogP contribution in [0.5, 0.6) is 0 Å². The highest BCUT2D eigenvalue weighted by Crippen LogP contribution is 2.29. The number of hydrogen-bond donors (Lipinski definition) is 2. The van der Waals surface area contributed by atoms with E-state index in [1.807, 2.05) is 0 Å². The molecule has 28 heavy (non-hydrogen) atoms. The Balaban J connectivity index is 1.88. The minimum Gasteiger partial charge on any atom is -0.358 e. The van der Waals surface area contributed by atoms with Crippen molar-refractivity contribution in [3.8, 4) is 0 Å². The second-order valence-electron chi connectivity index (χ2n) is 9.47. The van der Waals surface area contributed by atoms with Gasteiger partial charge in [0.1, 0.15) is 11.6 Å². The Morgan fingerprint density at radius 1 is 1.07 bits per heavy atom. The summed E-state index contributed by atoms with van der Waals surface area (Å²) in [6.45, 7) is 14.1. The van der Waals surface area contributed by atoms with E-state index in [0.29, 0.717) is 23.0 Å². The van der Waals surface area contributed by atoms with Crippen LogP contribution in [0, 0.1) is 5.92 Å². The summed E-state index contributed by atoms with van der Waals surface area (Å²) in [6, 6.07) is 2.68. The van der Waals surface area contributed by atoms with Crippen LogP contribution < -0.4 is 20.4 Å². The number of thiocarbonyl (C=S) groups is 1. The van der Waals surface area contributed by atoms with Crippen LogP contribution in [0.3, 0.4) is 0 Å². The average molecular weight is 405 g/mol. The molecule has 0 aromatic carbocycles. The van der Waals surface area contributed by atoms with Crippen molar-refractivity contribution in [1.29, 1.82) is 0 Å². The summed E-state index contributed by atoms with van der Waals surface area (Å²) in [5.74, 6) is 3.30. The summed E-state index contributed by atoms with van der Waals surface area (Å²) in [5.41, 5.74) is -0.103. The molecule has 156 valence electrons. The van der Waals surface area contributed by atoms with Crippen molar-refractivity contribution in [2.75, 3.05) is 34.8 Å². The number of nitrogens with zero attached hydrogens (tertiary/aromatic N) is 4. The highest BCUT2D eigenvalue weighted by Gasteiger charge is 2.24. The van der Waals surface area contributed by atoms with E-state index < -0.39 is 0 Å². The molecule has 1 aromatic heterocycles. The molecule has 2 aliphatic rings. The van der Waals surface area contributed by atoms with E-state index >= 15 is 0 Å². The summed E-state index contributed by atoms with van der Waals surface area (Å²) in [5, 5.41) is 7.09. The first-order chi connectivity index (χ1) is 13.2. The Hall–Kier alpha value is -1.63. The molecular weight excluding hydrogens is 368 g/mol. The van der Waals surface area contributed by atoms with E-state index in [-0.39, 0.29) is 5.54 Å². The average Bonchev–Trinajstić information content (AvgIpc) is 2.60. The second-order valence-corrected chi connectivity index (χ2v) is 9.88. The first-order valence-corrected chi connectivity index (χ1v) is 11.1. The predicted octanol–water partition coefficient (Wildman–Crippen LogP) is 4.18. The Labute approximate surface area is 175 Å². The predicted molar refractivity (Wildman–Crippen MR) is 122 cm³/mol. The Kier molecular flexibility index (Phi) is 6.63. The van der Waals surface area contributed by atoms with Gasteiger partial charge in [0, 0.05) is 37.3 Å². The molecule has 2 saturated heterocycles. The summed E-state index contributed by atoms with van der Waals surface area (Å²) < 4.78 is 0. The van der Waals surface area contributed by atoms with E-state index in [1.54, 1.807) is 0 Å². The van der Waals surface area contributed by atoms with E-state index in [1.165, 1.54) is 32.1 Å². The third-order valence-electron chi connectivity index (χ3n) is 5.49. The Bertz CT molecular complexity index is 686. The van der Waals surface area contributed by atoms with Crippen LogP contribution in [0.4, 0.5) is 17.6 Å². The van der Waals surface area contributed by atoms with Gasteiger partial charge in [0.25, 0.3) is 0 Å². The van der Waals surface area contributed by atoms with Gasteiger partial charge in [0.05, 0.1) is 0 Å². The van der Waals surface area contributed by atoms with Gasteiger partial charge in [-0.05, 0) is 77.9 Å². The highest BCUT2D eigenvalue weighted by molar-refractivity contribution is 7.80. The van der Waals surface area contributed by atoms with Crippen LogP contribution in [0.25, 0.3) is 0 Å². The first kappa shape index (κ1) is 21.1. The quantitative estimate of drug-likeness (QED) is 0.733. The lowest BCUT2D eigenvalue weighted by Crippen LogP contribution is -2.43. The molecule has 6 nitrogen and oxygen atoms in total. The van der Waals surface area contributed by atoms with Crippen molar-refractivity contribution in [2.24, 2.45) is 5.92 Å².